The lowest BCUT2D eigenvalue weighted by atomic mass is 10.0. The van der Waals surface area contributed by atoms with Crippen molar-refractivity contribution < 1.29 is 28.6 Å². The molecule has 0 radical (unpaired) electrons. The quantitative estimate of drug-likeness (QED) is 0.0261. The predicted molar refractivity (Wildman–Crippen MR) is 312 cm³/mol. The number of hydrogen-bond acceptors (Lipinski definition) is 6. The molecule has 1 atom stereocenters. The van der Waals surface area contributed by atoms with Crippen LogP contribution in [0.1, 0.15) is 323 Å². The number of esters is 3. The van der Waals surface area contributed by atoms with Gasteiger partial charge in [-0.1, -0.05) is 281 Å². The van der Waals surface area contributed by atoms with Gasteiger partial charge in [0, 0.05) is 19.3 Å². The molecule has 1 unspecified atom stereocenters. The van der Waals surface area contributed by atoms with E-state index < -0.39 is 6.10 Å². The van der Waals surface area contributed by atoms with Crippen molar-refractivity contribution in [2.24, 2.45) is 0 Å². The molecule has 0 saturated heterocycles. The molecular weight excluding hydrogens is 889 g/mol. The Morgan fingerprint density at radius 3 is 0.861 bits per heavy atom. The zero-order chi connectivity index (χ0) is 52.2. The maximum Gasteiger partial charge on any atom is 0.306 e. The molecule has 0 aliphatic carbocycles. The molecule has 0 rings (SSSR count). The number of carbonyl (C=O) groups excluding carboxylic acids is 3. The van der Waals surface area contributed by atoms with Crippen LogP contribution in [0.5, 0.6) is 0 Å². The van der Waals surface area contributed by atoms with Crippen LogP contribution in [0, 0.1) is 0 Å². The molecular formula is C66H118O6. The van der Waals surface area contributed by atoms with E-state index in [0.29, 0.717) is 19.3 Å². The van der Waals surface area contributed by atoms with Crippen molar-refractivity contribution in [2.45, 2.75) is 329 Å². The van der Waals surface area contributed by atoms with E-state index in [9.17, 15) is 14.4 Å². The molecule has 0 aromatic heterocycles. The van der Waals surface area contributed by atoms with Crippen LogP contribution in [-0.4, -0.2) is 37.2 Å². The zero-order valence-corrected chi connectivity index (χ0v) is 47.9. The molecule has 0 aromatic rings. The van der Waals surface area contributed by atoms with Gasteiger partial charge in [0.1, 0.15) is 13.2 Å². The summed E-state index contributed by atoms with van der Waals surface area (Å²) in [7, 11) is 0. The van der Waals surface area contributed by atoms with Crippen molar-refractivity contribution >= 4 is 17.9 Å². The fourth-order valence-corrected chi connectivity index (χ4v) is 9.08. The molecule has 0 aliphatic rings. The summed E-state index contributed by atoms with van der Waals surface area (Å²) in [4.78, 5) is 37.8. The van der Waals surface area contributed by atoms with Gasteiger partial charge in [-0.3, -0.25) is 14.4 Å². The van der Waals surface area contributed by atoms with Crippen LogP contribution in [0.2, 0.25) is 0 Å². The highest BCUT2D eigenvalue weighted by Gasteiger charge is 2.19. The summed E-state index contributed by atoms with van der Waals surface area (Å²) >= 11 is 0. The number of unbranched alkanes of at least 4 members (excludes halogenated alkanes) is 36. The standard InChI is InChI=1S/C66H118O6/c1-4-7-10-13-16-18-20-22-23-24-25-26-27-28-29-30-31-32-33-34-35-36-37-38-39-40-41-42-43-45-46-48-50-53-56-59-65(68)71-62-63(61-70-64(67)58-55-52-15-12-9-6-3)72-66(69)60-57-54-51-49-47-44-21-19-17-14-11-8-5-2/h8,11,17,19-20,22,24-25,44,47,63H,4-7,9-10,12-16,18,21,23,26-43,45-46,48-62H2,1-3H3/b11-8-,19-17-,22-20-,25-24-,47-44-. The van der Waals surface area contributed by atoms with Crippen LogP contribution in [0.25, 0.3) is 0 Å². The molecule has 0 saturated carbocycles. The predicted octanol–water partition coefficient (Wildman–Crippen LogP) is 21.2. The third kappa shape index (κ3) is 58.0. The lowest BCUT2D eigenvalue weighted by molar-refractivity contribution is -0.167. The highest BCUT2D eigenvalue weighted by atomic mass is 16.6. The summed E-state index contributed by atoms with van der Waals surface area (Å²) < 4.78 is 16.7. The van der Waals surface area contributed by atoms with Crippen molar-refractivity contribution in [3.05, 3.63) is 60.8 Å². The van der Waals surface area contributed by atoms with Crippen LogP contribution in [0.15, 0.2) is 60.8 Å². The maximum absolute atomic E-state index is 12.7. The molecule has 72 heavy (non-hydrogen) atoms. The fourth-order valence-electron chi connectivity index (χ4n) is 9.08. The second-order valence-electron chi connectivity index (χ2n) is 20.9. The van der Waals surface area contributed by atoms with E-state index in [1.165, 1.54) is 193 Å². The van der Waals surface area contributed by atoms with E-state index >= 15 is 0 Å². The summed E-state index contributed by atoms with van der Waals surface area (Å²) in [6.45, 7) is 6.45. The molecule has 0 amide bonds. The van der Waals surface area contributed by atoms with Crippen LogP contribution < -0.4 is 0 Å². The largest absolute Gasteiger partial charge is 0.462 e. The Morgan fingerprint density at radius 1 is 0.292 bits per heavy atom. The van der Waals surface area contributed by atoms with Gasteiger partial charge in [0.25, 0.3) is 0 Å². The van der Waals surface area contributed by atoms with E-state index in [2.05, 4.69) is 81.5 Å². The fraction of sp³-hybridized carbons (Fsp3) is 0.803. The SMILES string of the molecule is CC/C=C\C/C=C\C/C=C\CCCCCC(=O)OC(COC(=O)CCCCCCCC)COC(=O)CCCCCCCCCCCCCCCCCCCCCCCCC/C=C\C/C=C\CCCCCCC. The van der Waals surface area contributed by atoms with Gasteiger partial charge in [0.05, 0.1) is 0 Å². The minimum Gasteiger partial charge on any atom is -0.462 e. The summed E-state index contributed by atoms with van der Waals surface area (Å²) in [5, 5.41) is 0. The number of hydrogen-bond donors (Lipinski definition) is 0. The first kappa shape index (κ1) is 69.1. The molecule has 6 nitrogen and oxygen atoms in total. The van der Waals surface area contributed by atoms with Gasteiger partial charge >= 0.3 is 17.9 Å². The Kier molecular flexibility index (Phi) is 58.2. The number of rotatable bonds is 57. The number of carbonyl (C=O) groups is 3. The topological polar surface area (TPSA) is 78.9 Å². The van der Waals surface area contributed by atoms with E-state index in [1.54, 1.807) is 0 Å². The van der Waals surface area contributed by atoms with Crippen LogP contribution >= 0.6 is 0 Å². The van der Waals surface area contributed by atoms with Crippen molar-refractivity contribution in [1.82, 2.24) is 0 Å². The van der Waals surface area contributed by atoms with Gasteiger partial charge in [-0.25, -0.2) is 0 Å². The molecule has 0 heterocycles. The second kappa shape index (κ2) is 60.7. The van der Waals surface area contributed by atoms with Gasteiger partial charge in [0.15, 0.2) is 6.10 Å². The number of ether oxygens (including phenoxy) is 3. The monoisotopic (exact) mass is 1010 g/mol. The third-order valence-corrected chi connectivity index (χ3v) is 13.8. The molecule has 0 N–H and O–H groups in total. The average molecular weight is 1010 g/mol. The highest BCUT2D eigenvalue weighted by molar-refractivity contribution is 5.71. The first-order valence-electron chi connectivity index (χ1n) is 31.3. The normalized spacial score (nSPS) is 12.4. The lowest BCUT2D eigenvalue weighted by Crippen LogP contribution is -2.30. The number of allylic oxidation sites excluding steroid dienone is 10. The van der Waals surface area contributed by atoms with Crippen molar-refractivity contribution in [3.8, 4) is 0 Å². The van der Waals surface area contributed by atoms with E-state index in [0.717, 1.165) is 89.9 Å². The first-order chi connectivity index (χ1) is 35.5. The highest BCUT2D eigenvalue weighted by Crippen LogP contribution is 2.17. The molecule has 0 fully saturated rings. The van der Waals surface area contributed by atoms with Crippen molar-refractivity contribution in [3.63, 3.8) is 0 Å². The smallest absolute Gasteiger partial charge is 0.306 e. The van der Waals surface area contributed by atoms with Crippen molar-refractivity contribution in [2.75, 3.05) is 13.2 Å². The maximum atomic E-state index is 12.7. The molecule has 6 heteroatoms. The Hall–Kier alpha value is -2.89. The summed E-state index contributed by atoms with van der Waals surface area (Å²) in [6.07, 6.45) is 77.3. The van der Waals surface area contributed by atoms with Crippen LogP contribution in [0.4, 0.5) is 0 Å². The molecule has 0 bridgehead atoms. The molecule has 0 aromatic carbocycles. The van der Waals surface area contributed by atoms with Gasteiger partial charge in [0.2, 0.25) is 0 Å². The van der Waals surface area contributed by atoms with E-state index in [1.807, 2.05) is 0 Å². The van der Waals surface area contributed by atoms with Crippen molar-refractivity contribution in [1.29, 1.82) is 0 Å². The second-order valence-corrected chi connectivity index (χ2v) is 20.9. The van der Waals surface area contributed by atoms with Gasteiger partial charge < -0.3 is 14.2 Å². The zero-order valence-electron chi connectivity index (χ0n) is 47.9. The van der Waals surface area contributed by atoms with Crippen LogP contribution in [0.3, 0.4) is 0 Å². The Bertz CT molecular complexity index is 1290. The minimum atomic E-state index is -0.783. The van der Waals surface area contributed by atoms with E-state index in [-0.39, 0.29) is 31.1 Å². The third-order valence-electron chi connectivity index (χ3n) is 13.8. The average Bonchev–Trinajstić information content (AvgIpc) is 3.38. The Balaban J connectivity index is 3.88. The van der Waals surface area contributed by atoms with Gasteiger partial charge in [-0.15, -0.1) is 0 Å². The summed E-state index contributed by atoms with van der Waals surface area (Å²) in [5.74, 6) is -0.912. The van der Waals surface area contributed by atoms with Gasteiger partial charge in [-0.2, -0.15) is 0 Å². The summed E-state index contributed by atoms with van der Waals surface area (Å²) in [5.41, 5.74) is 0. The minimum absolute atomic E-state index is 0.0828. The molecule has 0 aliphatic heterocycles. The summed E-state index contributed by atoms with van der Waals surface area (Å²) in [6, 6.07) is 0. The first-order valence-corrected chi connectivity index (χ1v) is 31.3. The van der Waals surface area contributed by atoms with Crippen LogP contribution in [-0.2, 0) is 28.6 Å². The van der Waals surface area contributed by atoms with Gasteiger partial charge in [-0.05, 0) is 83.5 Å². The molecule has 418 valence electrons. The lowest BCUT2D eigenvalue weighted by Gasteiger charge is -2.18. The Labute approximate surface area is 447 Å². The molecule has 0 spiro atoms. The van der Waals surface area contributed by atoms with E-state index in [4.69, 9.17) is 14.2 Å². The Morgan fingerprint density at radius 2 is 0.542 bits per heavy atom.